The lowest BCUT2D eigenvalue weighted by Gasteiger charge is -2.36. The molecule has 1 unspecified atom stereocenters. The largest absolute Gasteiger partial charge is 0.409 e. The number of hydrogen-bond donors (Lipinski definition) is 3. The number of hydrogen-bond acceptors (Lipinski definition) is 3. The number of rotatable bonds is 3. The first-order chi connectivity index (χ1) is 8.39. The first kappa shape index (κ1) is 13.2. The summed E-state index contributed by atoms with van der Waals surface area (Å²) in [4.78, 5) is 12.2. The van der Waals surface area contributed by atoms with Crippen molar-refractivity contribution >= 4 is 11.7 Å². The van der Waals surface area contributed by atoms with Crippen LogP contribution in [0.3, 0.4) is 0 Å². The quantitative estimate of drug-likeness (QED) is 0.309. The lowest BCUT2D eigenvalue weighted by Crippen LogP contribution is -2.47. The third-order valence-electron chi connectivity index (χ3n) is 4.32. The fourth-order valence-electron chi connectivity index (χ4n) is 2.97. The molecule has 0 spiro atoms. The Morgan fingerprint density at radius 3 is 2.56 bits per heavy atom. The summed E-state index contributed by atoms with van der Waals surface area (Å²) in [7, 11) is 0. The van der Waals surface area contributed by atoms with Crippen molar-refractivity contribution in [2.24, 2.45) is 21.7 Å². The first-order valence-corrected chi connectivity index (χ1v) is 6.69. The van der Waals surface area contributed by atoms with Gasteiger partial charge in [0.15, 0.2) is 5.84 Å². The minimum atomic E-state index is -0.726. The van der Waals surface area contributed by atoms with Gasteiger partial charge in [0.1, 0.15) is 5.41 Å². The van der Waals surface area contributed by atoms with Gasteiger partial charge in [-0.3, -0.25) is 4.79 Å². The van der Waals surface area contributed by atoms with E-state index in [-0.39, 0.29) is 17.8 Å². The zero-order valence-electron chi connectivity index (χ0n) is 11.2. The van der Waals surface area contributed by atoms with Gasteiger partial charge in [0.05, 0.1) is 0 Å². The van der Waals surface area contributed by atoms with Gasteiger partial charge < -0.3 is 16.3 Å². The van der Waals surface area contributed by atoms with E-state index < -0.39 is 5.41 Å². The number of nitrogens with zero attached hydrogens (tertiary/aromatic N) is 1. The Bertz CT molecular complexity index is 372. The summed E-state index contributed by atoms with van der Waals surface area (Å²) in [6, 6.07) is 0.227. The molecule has 0 saturated heterocycles. The van der Waals surface area contributed by atoms with E-state index >= 15 is 0 Å². The van der Waals surface area contributed by atoms with Gasteiger partial charge >= 0.3 is 0 Å². The van der Waals surface area contributed by atoms with E-state index in [2.05, 4.69) is 24.3 Å². The van der Waals surface area contributed by atoms with E-state index in [0.29, 0.717) is 18.3 Å². The Kier molecular flexibility index (Phi) is 3.25. The summed E-state index contributed by atoms with van der Waals surface area (Å²) < 4.78 is 0. The molecule has 2 saturated carbocycles. The molecule has 5 heteroatoms. The number of carbonyl (C=O) groups is 1. The molecule has 2 aliphatic rings. The van der Waals surface area contributed by atoms with Crippen LogP contribution in [0.5, 0.6) is 0 Å². The number of amides is 1. The van der Waals surface area contributed by atoms with Crippen molar-refractivity contribution in [2.75, 3.05) is 0 Å². The summed E-state index contributed by atoms with van der Waals surface area (Å²) in [6.07, 6.45) is 5.77. The van der Waals surface area contributed by atoms with E-state index in [1.807, 2.05) is 0 Å². The van der Waals surface area contributed by atoms with Crippen LogP contribution in [0.25, 0.3) is 0 Å². The van der Waals surface area contributed by atoms with Gasteiger partial charge in [0.2, 0.25) is 5.91 Å². The summed E-state index contributed by atoms with van der Waals surface area (Å²) >= 11 is 0. The molecule has 0 radical (unpaired) electrons. The molecule has 18 heavy (non-hydrogen) atoms. The number of nitrogens with one attached hydrogen (secondary N) is 1. The highest BCUT2D eigenvalue weighted by atomic mass is 16.4. The normalized spacial score (nSPS) is 29.7. The van der Waals surface area contributed by atoms with Crippen LogP contribution in [0.15, 0.2) is 5.16 Å². The van der Waals surface area contributed by atoms with Crippen LogP contribution < -0.4 is 11.1 Å². The molecule has 1 amide bonds. The summed E-state index contributed by atoms with van der Waals surface area (Å²) in [5, 5.41) is 14.8. The Balaban J connectivity index is 1.96. The Morgan fingerprint density at radius 1 is 1.39 bits per heavy atom. The van der Waals surface area contributed by atoms with E-state index in [1.54, 1.807) is 0 Å². The monoisotopic (exact) mass is 253 g/mol. The van der Waals surface area contributed by atoms with Crippen molar-refractivity contribution in [3.63, 3.8) is 0 Å². The number of nitrogens with two attached hydrogens (primary N) is 1. The van der Waals surface area contributed by atoms with E-state index in [9.17, 15) is 4.79 Å². The third-order valence-corrected chi connectivity index (χ3v) is 4.32. The predicted octanol–water partition coefficient (Wildman–Crippen LogP) is 1.60. The molecule has 0 aromatic heterocycles. The molecular weight excluding hydrogens is 230 g/mol. The molecule has 1 atom stereocenters. The van der Waals surface area contributed by atoms with Gasteiger partial charge in [-0.15, -0.1) is 0 Å². The molecule has 4 N–H and O–H groups in total. The maximum absolute atomic E-state index is 12.2. The fourth-order valence-corrected chi connectivity index (χ4v) is 2.97. The van der Waals surface area contributed by atoms with Gasteiger partial charge in [0, 0.05) is 6.04 Å². The average Bonchev–Trinajstić information content (AvgIpc) is 3.07. The van der Waals surface area contributed by atoms with Crippen molar-refractivity contribution in [1.82, 2.24) is 5.32 Å². The van der Waals surface area contributed by atoms with Gasteiger partial charge in [-0.1, -0.05) is 25.4 Å². The molecule has 0 aromatic carbocycles. The van der Waals surface area contributed by atoms with Crippen molar-refractivity contribution in [1.29, 1.82) is 0 Å². The number of oxime groups is 1. The van der Waals surface area contributed by atoms with Crippen LogP contribution in [0.4, 0.5) is 0 Å². The standard InChI is InChI=1S/C13H23N3O2/c1-12(2)5-3-4-9(8-12)15-11(17)13(6-7-13)10(14)16-18/h9,18H,3-8H2,1-2H3,(H2,14,16)(H,15,17). The summed E-state index contributed by atoms with van der Waals surface area (Å²) in [6.45, 7) is 4.48. The highest BCUT2D eigenvalue weighted by Crippen LogP contribution is 2.46. The maximum atomic E-state index is 12.2. The molecular formula is C13H23N3O2. The molecule has 2 fully saturated rings. The number of amidine groups is 1. The average molecular weight is 253 g/mol. The number of carbonyl (C=O) groups excluding carboxylic acids is 1. The van der Waals surface area contributed by atoms with Crippen molar-refractivity contribution in [3.05, 3.63) is 0 Å². The minimum absolute atomic E-state index is 0.0510. The lowest BCUT2D eigenvalue weighted by atomic mass is 9.75. The Hall–Kier alpha value is -1.26. The Labute approximate surface area is 108 Å². The molecule has 5 nitrogen and oxygen atoms in total. The lowest BCUT2D eigenvalue weighted by molar-refractivity contribution is -0.125. The van der Waals surface area contributed by atoms with Crippen LogP contribution in [-0.4, -0.2) is 23.0 Å². The van der Waals surface area contributed by atoms with Crippen LogP contribution >= 0.6 is 0 Å². The molecule has 2 aliphatic carbocycles. The van der Waals surface area contributed by atoms with E-state index in [0.717, 1.165) is 19.3 Å². The zero-order valence-corrected chi connectivity index (χ0v) is 11.2. The second kappa shape index (κ2) is 4.44. The molecule has 0 heterocycles. The Morgan fingerprint density at radius 2 is 2.06 bits per heavy atom. The van der Waals surface area contributed by atoms with Gasteiger partial charge in [0.25, 0.3) is 0 Å². The predicted molar refractivity (Wildman–Crippen MR) is 69.3 cm³/mol. The van der Waals surface area contributed by atoms with Gasteiger partial charge in [-0.05, 0) is 37.5 Å². The van der Waals surface area contributed by atoms with Gasteiger partial charge in [-0.25, -0.2) is 0 Å². The fraction of sp³-hybridized carbons (Fsp3) is 0.846. The smallest absolute Gasteiger partial charge is 0.234 e. The molecule has 0 bridgehead atoms. The summed E-state index contributed by atoms with van der Waals surface area (Å²) in [5.74, 6) is -0.0180. The molecule has 0 aromatic rings. The van der Waals surface area contributed by atoms with E-state index in [4.69, 9.17) is 10.9 Å². The molecule has 0 aliphatic heterocycles. The van der Waals surface area contributed by atoms with Crippen LogP contribution in [0, 0.1) is 10.8 Å². The van der Waals surface area contributed by atoms with Crippen molar-refractivity contribution < 1.29 is 10.0 Å². The van der Waals surface area contributed by atoms with Crippen LogP contribution in [-0.2, 0) is 4.79 Å². The molecule has 2 rings (SSSR count). The third kappa shape index (κ3) is 2.44. The molecule has 102 valence electrons. The highest BCUT2D eigenvalue weighted by molar-refractivity contribution is 6.09. The highest BCUT2D eigenvalue weighted by Gasteiger charge is 2.54. The second-order valence-electron chi connectivity index (χ2n) is 6.50. The minimum Gasteiger partial charge on any atom is -0.409 e. The van der Waals surface area contributed by atoms with Crippen molar-refractivity contribution in [2.45, 2.75) is 58.4 Å². The van der Waals surface area contributed by atoms with Gasteiger partial charge in [-0.2, -0.15) is 0 Å². The van der Waals surface area contributed by atoms with E-state index in [1.165, 1.54) is 6.42 Å². The summed E-state index contributed by atoms with van der Waals surface area (Å²) in [5.41, 5.74) is 5.18. The second-order valence-corrected chi connectivity index (χ2v) is 6.50. The first-order valence-electron chi connectivity index (χ1n) is 6.69. The van der Waals surface area contributed by atoms with Crippen LogP contribution in [0.1, 0.15) is 52.4 Å². The van der Waals surface area contributed by atoms with Crippen LogP contribution in [0.2, 0.25) is 0 Å². The zero-order chi connectivity index (χ0) is 13.4. The topological polar surface area (TPSA) is 87.7 Å². The SMILES string of the molecule is CC1(C)CCCC(NC(=O)C2(C(N)=NO)CC2)C1. The maximum Gasteiger partial charge on any atom is 0.234 e. The van der Waals surface area contributed by atoms with Crippen molar-refractivity contribution in [3.8, 4) is 0 Å².